The monoisotopic (exact) mass is 375 g/mol. The fourth-order valence-electron chi connectivity index (χ4n) is 1.64. The van der Waals surface area contributed by atoms with Gasteiger partial charge in [-0.25, -0.2) is 8.78 Å². The summed E-state index contributed by atoms with van der Waals surface area (Å²) in [7, 11) is 0. The highest BCUT2D eigenvalue weighted by Gasteiger charge is 2.14. The number of benzene rings is 2. The van der Waals surface area contributed by atoms with Crippen molar-refractivity contribution in [2.75, 3.05) is 0 Å². The van der Waals surface area contributed by atoms with Gasteiger partial charge in [0.25, 0.3) is 0 Å². The molecule has 0 heterocycles. The van der Waals surface area contributed by atoms with E-state index in [0.29, 0.717) is 5.56 Å². The van der Waals surface area contributed by atoms with E-state index < -0.39 is 17.7 Å². The van der Waals surface area contributed by atoms with E-state index in [2.05, 4.69) is 31.9 Å². The van der Waals surface area contributed by atoms with Crippen molar-refractivity contribution < 1.29 is 8.78 Å². The average Bonchev–Trinajstić information content (AvgIpc) is 2.35. The highest BCUT2D eigenvalue weighted by atomic mass is 79.9. The first-order chi connectivity index (χ1) is 8.49. The quantitative estimate of drug-likeness (QED) is 0.818. The maximum atomic E-state index is 13.2. The molecule has 1 unspecified atom stereocenters. The minimum Gasteiger partial charge on any atom is -0.320 e. The molecule has 94 valence electrons. The number of hydrogen-bond acceptors (Lipinski definition) is 1. The third-order valence-corrected chi connectivity index (χ3v) is 3.81. The Bertz CT molecular complexity index is 587. The third-order valence-electron chi connectivity index (χ3n) is 2.60. The van der Waals surface area contributed by atoms with Gasteiger partial charge in [0.15, 0.2) is 11.6 Å². The van der Waals surface area contributed by atoms with Crippen LogP contribution in [0.1, 0.15) is 17.2 Å². The van der Waals surface area contributed by atoms with E-state index in [4.69, 9.17) is 5.73 Å². The Morgan fingerprint density at radius 1 is 0.944 bits per heavy atom. The van der Waals surface area contributed by atoms with Crippen LogP contribution in [0.3, 0.4) is 0 Å². The molecule has 0 aliphatic rings. The highest BCUT2D eigenvalue weighted by molar-refractivity contribution is 9.11. The van der Waals surface area contributed by atoms with Crippen molar-refractivity contribution in [3.8, 4) is 0 Å². The van der Waals surface area contributed by atoms with Gasteiger partial charge in [-0.1, -0.05) is 37.9 Å². The summed E-state index contributed by atoms with van der Waals surface area (Å²) >= 11 is 6.75. The molecule has 18 heavy (non-hydrogen) atoms. The van der Waals surface area contributed by atoms with Crippen molar-refractivity contribution in [3.05, 3.63) is 68.1 Å². The van der Waals surface area contributed by atoms with E-state index in [-0.39, 0.29) is 0 Å². The van der Waals surface area contributed by atoms with Crippen LogP contribution in [0.5, 0.6) is 0 Å². The topological polar surface area (TPSA) is 26.0 Å². The van der Waals surface area contributed by atoms with Gasteiger partial charge in [-0.15, -0.1) is 0 Å². The van der Waals surface area contributed by atoms with E-state index in [1.807, 2.05) is 18.2 Å². The predicted octanol–water partition coefficient (Wildman–Crippen LogP) is 4.54. The van der Waals surface area contributed by atoms with Crippen LogP contribution in [0, 0.1) is 11.6 Å². The summed E-state index contributed by atoms with van der Waals surface area (Å²) in [5.41, 5.74) is 7.39. The van der Waals surface area contributed by atoms with Crippen LogP contribution in [-0.4, -0.2) is 0 Å². The Kier molecular flexibility index (Phi) is 4.14. The molecule has 0 bridgehead atoms. The lowest BCUT2D eigenvalue weighted by Crippen LogP contribution is -2.13. The summed E-state index contributed by atoms with van der Waals surface area (Å²) in [5, 5.41) is 0. The molecule has 0 radical (unpaired) electrons. The fourth-order valence-corrected chi connectivity index (χ4v) is 2.51. The molecule has 0 fully saturated rings. The maximum absolute atomic E-state index is 13.2. The number of nitrogens with two attached hydrogens (primary N) is 1. The van der Waals surface area contributed by atoms with Crippen molar-refractivity contribution >= 4 is 31.9 Å². The Morgan fingerprint density at radius 2 is 1.67 bits per heavy atom. The summed E-state index contributed by atoms with van der Waals surface area (Å²) in [4.78, 5) is 0. The SMILES string of the molecule is NC(c1ccc(F)c(F)c1)c1cc(Br)ccc1Br. The molecule has 0 aliphatic carbocycles. The Balaban J connectivity index is 2.44. The van der Waals surface area contributed by atoms with Crippen LogP contribution in [0.25, 0.3) is 0 Å². The Labute approximate surface area is 120 Å². The van der Waals surface area contributed by atoms with Crippen LogP contribution in [0.4, 0.5) is 8.78 Å². The van der Waals surface area contributed by atoms with E-state index in [0.717, 1.165) is 26.6 Å². The van der Waals surface area contributed by atoms with Gasteiger partial charge < -0.3 is 5.73 Å². The zero-order valence-corrected chi connectivity index (χ0v) is 12.3. The first-order valence-corrected chi connectivity index (χ1v) is 6.73. The van der Waals surface area contributed by atoms with Gasteiger partial charge in [0.2, 0.25) is 0 Å². The van der Waals surface area contributed by atoms with Crippen LogP contribution in [0.15, 0.2) is 45.3 Å². The Morgan fingerprint density at radius 3 is 2.33 bits per heavy atom. The highest BCUT2D eigenvalue weighted by Crippen LogP contribution is 2.30. The van der Waals surface area contributed by atoms with Crippen molar-refractivity contribution in [1.29, 1.82) is 0 Å². The van der Waals surface area contributed by atoms with Gasteiger partial charge in [-0.3, -0.25) is 0 Å². The van der Waals surface area contributed by atoms with Crippen molar-refractivity contribution in [2.24, 2.45) is 5.73 Å². The van der Waals surface area contributed by atoms with E-state index in [1.54, 1.807) is 0 Å². The predicted molar refractivity (Wildman–Crippen MR) is 74.2 cm³/mol. The molecule has 1 atom stereocenters. The second-order valence-corrected chi connectivity index (χ2v) is 5.59. The van der Waals surface area contributed by atoms with Gasteiger partial charge in [0.05, 0.1) is 6.04 Å². The Hall–Kier alpha value is -0.780. The third kappa shape index (κ3) is 2.79. The van der Waals surface area contributed by atoms with Crippen molar-refractivity contribution in [3.63, 3.8) is 0 Å². The van der Waals surface area contributed by atoms with Crippen molar-refractivity contribution in [2.45, 2.75) is 6.04 Å². The van der Waals surface area contributed by atoms with Crippen LogP contribution in [-0.2, 0) is 0 Å². The lowest BCUT2D eigenvalue weighted by Gasteiger charge is -2.15. The zero-order valence-electron chi connectivity index (χ0n) is 9.13. The van der Waals surface area contributed by atoms with Gasteiger partial charge in [0, 0.05) is 8.95 Å². The maximum Gasteiger partial charge on any atom is 0.159 e. The van der Waals surface area contributed by atoms with Crippen molar-refractivity contribution in [1.82, 2.24) is 0 Å². The smallest absolute Gasteiger partial charge is 0.159 e. The van der Waals surface area contributed by atoms with Crippen LogP contribution >= 0.6 is 31.9 Å². The molecule has 1 nitrogen and oxygen atoms in total. The summed E-state index contributed by atoms with van der Waals surface area (Å²) in [6.45, 7) is 0. The second kappa shape index (κ2) is 5.47. The van der Waals surface area contributed by atoms with E-state index in [9.17, 15) is 8.78 Å². The summed E-state index contributed by atoms with van der Waals surface area (Å²) < 4.78 is 27.8. The second-order valence-electron chi connectivity index (χ2n) is 3.82. The van der Waals surface area contributed by atoms with Gasteiger partial charge in [-0.05, 0) is 41.5 Å². The minimum absolute atomic E-state index is 0.521. The first-order valence-electron chi connectivity index (χ1n) is 5.14. The largest absolute Gasteiger partial charge is 0.320 e. The first kappa shape index (κ1) is 13.6. The molecule has 0 spiro atoms. The molecule has 2 rings (SSSR count). The van der Waals surface area contributed by atoms with Gasteiger partial charge in [0.1, 0.15) is 0 Å². The molecule has 0 saturated heterocycles. The molecule has 5 heteroatoms. The lowest BCUT2D eigenvalue weighted by molar-refractivity contribution is 0.506. The molecule has 2 aromatic carbocycles. The van der Waals surface area contributed by atoms with E-state index >= 15 is 0 Å². The fraction of sp³-hybridized carbons (Fsp3) is 0.0769. The average molecular weight is 377 g/mol. The van der Waals surface area contributed by atoms with Crippen LogP contribution in [0.2, 0.25) is 0 Å². The molecule has 2 N–H and O–H groups in total. The van der Waals surface area contributed by atoms with Crippen LogP contribution < -0.4 is 5.73 Å². The molecule has 0 amide bonds. The summed E-state index contributed by atoms with van der Waals surface area (Å²) in [5.74, 6) is -1.77. The van der Waals surface area contributed by atoms with Gasteiger partial charge >= 0.3 is 0 Å². The number of halogens is 4. The molecule has 0 aromatic heterocycles. The van der Waals surface area contributed by atoms with E-state index in [1.165, 1.54) is 6.07 Å². The minimum atomic E-state index is -0.894. The normalized spacial score (nSPS) is 12.5. The lowest BCUT2D eigenvalue weighted by atomic mass is 9.99. The molecule has 0 saturated carbocycles. The standard InChI is InChI=1S/C13H9Br2F2N/c14-8-2-3-10(15)9(6-8)13(18)7-1-4-11(16)12(17)5-7/h1-6,13H,18H2. The molecular formula is C13H9Br2F2N. The summed E-state index contributed by atoms with van der Waals surface area (Å²) in [6, 6.07) is 8.72. The summed E-state index contributed by atoms with van der Waals surface area (Å²) in [6.07, 6.45) is 0. The number of rotatable bonds is 2. The zero-order chi connectivity index (χ0) is 13.3. The number of hydrogen-bond donors (Lipinski definition) is 1. The molecular weight excluding hydrogens is 368 g/mol. The molecule has 0 aliphatic heterocycles. The molecule has 2 aromatic rings. The van der Waals surface area contributed by atoms with Gasteiger partial charge in [-0.2, -0.15) is 0 Å².